The van der Waals surface area contributed by atoms with Gasteiger partial charge < -0.3 is 4.74 Å². The molecule has 0 spiro atoms. The molecule has 0 amide bonds. The van der Waals surface area contributed by atoms with Crippen molar-refractivity contribution in [2.24, 2.45) is 4.99 Å². The van der Waals surface area contributed by atoms with Gasteiger partial charge >= 0.3 is 0 Å². The van der Waals surface area contributed by atoms with Crippen LogP contribution in [0, 0.1) is 0 Å². The normalized spacial score (nSPS) is 18.4. The van der Waals surface area contributed by atoms with E-state index in [0.29, 0.717) is 16.8 Å². The number of rotatable bonds is 5. The quantitative estimate of drug-likeness (QED) is 0.549. The lowest BCUT2D eigenvalue weighted by atomic mass is 10.0. The van der Waals surface area contributed by atoms with Gasteiger partial charge in [-0.2, -0.15) is 0 Å². The summed E-state index contributed by atoms with van der Waals surface area (Å²) in [6, 6.07) is 6.88. The molecule has 0 radical (unpaired) electrons. The third-order valence-corrected chi connectivity index (χ3v) is 5.45. The monoisotopic (exact) mass is 315 g/mol. The van der Waals surface area contributed by atoms with Crippen LogP contribution in [-0.4, -0.2) is 26.5 Å². The molecule has 104 valence electrons. The molecule has 1 aliphatic heterocycles. The van der Waals surface area contributed by atoms with Crippen molar-refractivity contribution >= 4 is 42.1 Å². The van der Waals surface area contributed by atoms with Crippen molar-refractivity contribution in [1.29, 1.82) is 0 Å². The van der Waals surface area contributed by atoms with Crippen LogP contribution in [0.3, 0.4) is 0 Å². The Morgan fingerprint density at radius 3 is 2.68 bits per heavy atom. The number of fused-ring (bicyclic) bond motifs is 1. The molecular formula is C14H19Cl2NOSi. The second kappa shape index (κ2) is 5.96. The number of ether oxygens (including phenoxy) is 1. The first-order valence-electron chi connectivity index (χ1n) is 6.48. The van der Waals surface area contributed by atoms with Crippen molar-refractivity contribution in [1.82, 2.24) is 0 Å². The summed E-state index contributed by atoms with van der Waals surface area (Å²) in [6.07, 6.45) is 0. The minimum Gasteiger partial charge on any atom is -0.381 e. The van der Waals surface area contributed by atoms with E-state index < -0.39 is 8.07 Å². The van der Waals surface area contributed by atoms with Gasteiger partial charge in [0, 0.05) is 19.7 Å². The first-order chi connectivity index (χ1) is 8.87. The molecule has 5 heteroatoms. The van der Waals surface area contributed by atoms with E-state index in [2.05, 4.69) is 24.6 Å². The number of aliphatic imine (C=N–C) groups is 1. The van der Waals surface area contributed by atoms with Crippen LogP contribution in [0.4, 0.5) is 5.69 Å². The molecule has 0 aromatic heterocycles. The molecule has 1 heterocycles. The fourth-order valence-corrected chi connectivity index (χ4v) is 3.16. The van der Waals surface area contributed by atoms with Crippen LogP contribution in [0.5, 0.6) is 0 Å². The lowest BCUT2D eigenvalue weighted by Gasteiger charge is -2.17. The van der Waals surface area contributed by atoms with Gasteiger partial charge in [0.15, 0.2) is 0 Å². The maximum Gasteiger partial charge on any atom is 0.116 e. The number of halogens is 2. The van der Waals surface area contributed by atoms with Gasteiger partial charge in [-0.25, -0.2) is 4.99 Å². The van der Waals surface area contributed by atoms with Gasteiger partial charge in [0.05, 0.1) is 18.2 Å². The first kappa shape index (κ1) is 15.0. The fraction of sp³-hybridized carbons (Fsp3) is 0.500. The Morgan fingerprint density at radius 1 is 1.26 bits per heavy atom. The van der Waals surface area contributed by atoms with Crippen LogP contribution < -0.4 is 0 Å². The summed E-state index contributed by atoms with van der Waals surface area (Å²) < 4.78 is 5.79. The maximum atomic E-state index is 6.20. The van der Waals surface area contributed by atoms with Crippen molar-refractivity contribution in [2.75, 3.05) is 13.2 Å². The van der Waals surface area contributed by atoms with Crippen molar-refractivity contribution in [2.45, 2.75) is 31.6 Å². The molecule has 0 aliphatic carbocycles. The number of benzene rings is 1. The predicted octanol–water partition coefficient (Wildman–Crippen LogP) is 5.06. The molecule has 0 saturated heterocycles. The lowest BCUT2D eigenvalue weighted by Crippen LogP contribution is -2.22. The molecule has 0 fully saturated rings. The molecule has 19 heavy (non-hydrogen) atoms. The highest BCUT2D eigenvalue weighted by Crippen LogP contribution is 2.38. The van der Waals surface area contributed by atoms with Gasteiger partial charge in [0.25, 0.3) is 0 Å². The molecule has 1 unspecified atom stereocenters. The predicted molar refractivity (Wildman–Crippen MR) is 86.1 cm³/mol. The Labute approximate surface area is 125 Å². The third-order valence-electron chi connectivity index (χ3n) is 3.16. The van der Waals surface area contributed by atoms with E-state index in [9.17, 15) is 0 Å². The zero-order valence-corrected chi connectivity index (χ0v) is 14.1. The van der Waals surface area contributed by atoms with Gasteiger partial charge in [-0.05, 0) is 23.7 Å². The van der Waals surface area contributed by atoms with Gasteiger partial charge in [0.2, 0.25) is 0 Å². The molecule has 2 rings (SSSR count). The summed E-state index contributed by atoms with van der Waals surface area (Å²) in [6.45, 7) is 8.44. The van der Waals surface area contributed by atoms with Crippen molar-refractivity contribution in [3.63, 3.8) is 0 Å². The number of hydrogen-bond acceptors (Lipinski definition) is 2. The second-order valence-electron chi connectivity index (χ2n) is 6.08. The van der Waals surface area contributed by atoms with E-state index in [4.69, 9.17) is 27.9 Å². The minimum atomic E-state index is -1.04. The van der Waals surface area contributed by atoms with Crippen LogP contribution in [0.1, 0.15) is 11.5 Å². The largest absolute Gasteiger partial charge is 0.381 e. The van der Waals surface area contributed by atoms with E-state index in [-0.39, 0.29) is 5.92 Å². The van der Waals surface area contributed by atoms with Crippen LogP contribution in [0.15, 0.2) is 23.2 Å². The Balaban J connectivity index is 1.94. The van der Waals surface area contributed by atoms with Crippen molar-refractivity contribution in [3.8, 4) is 0 Å². The second-order valence-corrected chi connectivity index (χ2v) is 12.5. The Morgan fingerprint density at radius 2 is 2.00 bits per heavy atom. The maximum absolute atomic E-state index is 6.20. The summed E-state index contributed by atoms with van der Waals surface area (Å²) in [5.41, 5.74) is 1.98. The molecular weight excluding hydrogens is 297 g/mol. The average Bonchev–Trinajstić information content (AvgIpc) is 2.58. The minimum absolute atomic E-state index is 0.0653. The molecule has 2 nitrogen and oxygen atoms in total. The SMILES string of the molecule is C[Si](C)(C)CCOCC1C(Cl)=Nc2cc(Cl)ccc21. The Kier molecular flexibility index (Phi) is 4.72. The molecule has 0 saturated carbocycles. The van der Waals surface area contributed by atoms with Crippen LogP contribution in [-0.2, 0) is 4.74 Å². The lowest BCUT2D eigenvalue weighted by molar-refractivity contribution is 0.145. The van der Waals surface area contributed by atoms with Crippen molar-refractivity contribution < 1.29 is 4.74 Å². The van der Waals surface area contributed by atoms with Crippen LogP contribution >= 0.6 is 23.2 Å². The average molecular weight is 316 g/mol. The molecule has 1 aromatic carbocycles. The molecule has 1 aliphatic rings. The highest BCUT2D eigenvalue weighted by molar-refractivity contribution is 6.76. The zero-order chi connectivity index (χ0) is 14.0. The molecule has 1 atom stereocenters. The highest BCUT2D eigenvalue weighted by atomic mass is 35.5. The smallest absolute Gasteiger partial charge is 0.116 e. The zero-order valence-electron chi connectivity index (χ0n) is 11.5. The van der Waals surface area contributed by atoms with E-state index in [0.717, 1.165) is 17.9 Å². The fourth-order valence-electron chi connectivity index (χ4n) is 1.97. The van der Waals surface area contributed by atoms with Gasteiger partial charge in [-0.15, -0.1) is 0 Å². The highest BCUT2D eigenvalue weighted by Gasteiger charge is 2.26. The number of nitrogens with zero attached hydrogens (tertiary/aromatic N) is 1. The van der Waals surface area contributed by atoms with E-state index >= 15 is 0 Å². The standard InChI is InChI=1S/C14H19Cl2NOSi/c1-19(2,3)7-6-18-9-12-11-5-4-10(15)8-13(11)17-14(12)16/h4-5,8,12H,6-7,9H2,1-3H3. The van der Waals surface area contributed by atoms with Gasteiger partial charge in [-0.1, -0.05) is 48.9 Å². The van der Waals surface area contributed by atoms with Crippen molar-refractivity contribution in [3.05, 3.63) is 28.8 Å². The van der Waals surface area contributed by atoms with Crippen LogP contribution in [0.25, 0.3) is 0 Å². The van der Waals surface area contributed by atoms with Gasteiger partial charge in [0.1, 0.15) is 5.17 Å². The van der Waals surface area contributed by atoms with Crippen LogP contribution in [0.2, 0.25) is 30.7 Å². The Bertz CT molecular complexity index is 497. The molecule has 0 N–H and O–H groups in total. The first-order valence-corrected chi connectivity index (χ1v) is 10.9. The molecule has 0 bridgehead atoms. The summed E-state index contributed by atoms with van der Waals surface area (Å²) in [5.74, 6) is 0.0653. The van der Waals surface area contributed by atoms with Gasteiger partial charge in [-0.3, -0.25) is 0 Å². The van der Waals surface area contributed by atoms with E-state index in [1.165, 1.54) is 6.04 Å². The van der Waals surface area contributed by atoms with E-state index in [1.807, 2.05) is 18.2 Å². The summed E-state index contributed by atoms with van der Waals surface area (Å²) >= 11 is 12.2. The summed E-state index contributed by atoms with van der Waals surface area (Å²) in [4.78, 5) is 4.35. The summed E-state index contributed by atoms with van der Waals surface area (Å²) in [7, 11) is -1.04. The Hall–Kier alpha value is -0.353. The molecule has 1 aromatic rings. The third kappa shape index (κ3) is 4.05. The topological polar surface area (TPSA) is 21.6 Å². The summed E-state index contributed by atoms with van der Waals surface area (Å²) in [5, 5.41) is 1.29. The van der Waals surface area contributed by atoms with E-state index in [1.54, 1.807) is 0 Å². The number of hydrogen-bond donors (Lipinski definition) is 0.